The van der Waals surface area contributed by atoms with Gasteiger partial charge in [0.25, 0.3) is 0 Å². The summed E-state index contributed by atoms with van der Waals surface area (Å²) in [6, 6.07) is 1.30. The lowest BCUT2D eigenvalue weighted by atomic mass is 10.1. The van der Waals surface area contributed by atoms with Gasteiger partial charge in [0.2, 0.25) is 0 Å². The average molecular weight is 941 g/mol. The van der Waals surface area contributed by atoms with Crippen LogP contribution in [0.1, 0.15) is 60.4 Å². The van der Waals surface area contributed by atoms with E-state index in [9.17, 15) is 38.5 Å². The maximum atomic E-state index is 14.4. The molecule has 61 heavy (non-hydrogen) atoms. The lowest BCUT2D eigenvalue weighted by Crippen LogP contribution is -2.50. The summed E-state index contributed by atoms with van der Waals surface area (Å²) in [4.78, 5) is 72.8. The van der Waals surface area contributed by atoms with Gasteiger partial charge in [0.05, 0.1) is 19.5 Å². The van der Waals surface area contributed by atoms with Crippen LogP contribution in [-0.4, -0.2) is 136 Å². The van der Waals surface area contributed by atoms with Crippen LogP contribution in [0.4, 0.5) is 11.6 Å². The molecule has 5 unspecified atom stereocenters. The minimum absolute atomic E-state index is 0.0483. The summed E-state index contributed by atoms with van der Waals surface area (Å²) < 4.78 is 67.6. The third kappa shape index (κ3) is 11.6. The van der Waals surface area contributed by atoms with Crippen molar-refractivity contribution in [3.05, 3.63) is 35.4 Å². The minimum atomic E-state index is -5.18. The number of imidazole rings is 1. The van der Waals surface area contributed by atoms with E-state index in [0.29, 0.717) is 5.75 Å². The number of hydrogen-bond acceptors (Lipinski definition) is 18. The quantitative estimate of drug-likeness (QED) is 0.0683. The standard InChI is InChI=1S/C34H58N8O15P2SSi/c1-33(2,3)60(7,8)16-22(57-61(9,10)34(4,5)6)31(44)55-27-21(54-30(26(27)43)42-18-39-25-28(36)37-17-38-29(25)42)15-52-59(49,50)56-19-13-24(41-12-11-23(35)40-32(41)45)53-20(19)14-51-58(46,47)48/h11-12,17-22,24,26-27,30,43H,13-16H2,1-10H3,(H,49,50)(H2,35,40,45)(H2,36,37,38)(H2,46,47,48)/t19-,20+,21?,22-,24+,26?,27?,30?/m0/s1. The molecule has 0 radical (unpaired) electrons. The number of phosphoric acid groups is 2. The van der Waals surface area contributed by atoms with Gasteiger partial charge in [-0.3, -0.25) is 22.7 Å². The van der Waals surface area contributed by atoms with E-state index < -0.39 is 108 Å². The summed E-state index contributed by atoms with van der Waals surface area (Å²) in [5, 5.41) is 11.6. The zero-order chi connectivity index (χ0) is 45.7. The number of aliphatic hydroxyl groups excluding tert-OH is 1. The van der Waals surface area contributed by atoms with Crippen LogP contribution in [0.2, 0.25) is 18.1 Å². The highest BCUT2D eigenvalue weighted by Gasteiger charge is 2.51. The van der Waals surface area contributed by atoms with Crippen LogP contribution in [0, 0.1) is 0 Å². The number of carbonyl (C=O) groups excluding carboxylic acids is 1. The van der Waals surface area contributed by atoms with Crippen LogP contribution >= 0.6 is 25.7 Å². The van der Waals surface area contributed by atoms with Gasteiger partial charge in [-0.2, -0.15) is 4.98 Å². The zero-order valence-corrected chi connectivity index (χ0v) is 39.3. The van der Waals surface area contributed by atoms with Gasteiger partial charge in [-0.15, -0.1) is 0 Å². The van der Waals surface area contributed by atoms with Gasteiger partial charge in [0.1, 0.15) is 48.3 Å². The van der Waals surface area contributed by atoms with Gasteiger partial charge in [0, 0.05) is 18.4 Å². The molecule has 0 aromatic carbocycles. The van der Waals surface area contributed by atoms with E-state index in [1.54, 1.807) is 0 Å². The SMILES string of the molecule is CC(C)(C)[Si](C)(C)O[C@@H](CS(C)(C)C(C)(C)C)C(=O)OC1C(COP(=O)(O)O[C@H]2C[C@H](n3ccc(N)nc3=O)O[C@@H]2COP(=O)(O)O)OC(n2cnc3c(N)ncnc32)C1O. The van der Waals surface area contributed by atoms with Crippen molar-refractivity contribution in [3.63, 3.8) is 0 Å². The Balaban J connectivity index is 1.43. The lowest BCUT2D eigenvalue weighted by molar-refractivity contribution is -0.164. The van der Waals surface area contributed by atoms with E-state index in [-0.39, 0.29) is 39.0 Å². The molecule has 2 saturated heterocycles. The molecule has 0 amide bonds. The Kier molecular flexibility index (Phi) is 14.5. The molecule has 344 valence electrons. The highest BCUT2D eigenvalue weighted by molar-refractivity contribution is 8.33. The van der Waals surface area contributed by atoms with Crippen LogP contribution in [0.3, 0.4) is 0 Å². The zero-order valence-electron chi connectivity index (χ0n) is 35.7. The maximum absolute atomic E-state index is 14.4. The summed E-state index contributed by atoms with van der Waals surface area (Å²) in [5.41, 5.74) is 11.1. The van der Waals surface area contributed by atoms with Gasteiger partial charge in [-0.05, 0) is 41.5 Å². The molecule has 2 aliphatic rings. The van der Waals surface area contributed by atoms with Gasteiger partial charge in [0.15, 0.2) is 38.2 Å². The Hall–Kier alpha value is -2.87. The summed E-state index contributed by atoms with van der Waals surface area (Å²) in [6.07, 6.45) is -3.40. The molecule has 2 aliphatic heterocycles. The minimum Gasteiger partial charge on any atom is -0.455 e. The number of esters is 1. The van der Waals surface area contributed by atoms with E-state index in [2.05, 4.69) is 57.7 Å². The fourth-order valence-corrected chi connectivity index (χ4v) is 10.3. The van der Waals surface area contributed by atoms with Gasteiger partial charge < -0.3 is 49.9 Å². The van der Waals surface area contributed by atoms with E-state index >= 15 is 0 Å². The Bertz CT molecular complexity index is 2190. The number of rotatable bonds is 16. The number of aromatic nitrogens is 6. The first kappa shape index (κ1) is 49.1. The monoisotopic (exact) mass is 940 g/mol. The largest absolute Gasteiger partial charge is 0.472 e. The summed E-state index contributed by atoms with van der Waals surface area (Å²) >= 11 is 0. The highest BCUT2D eigenvalue weighted by Crippen LogP contribution is 2.54. The lowest BCUT2D eigenvalue weighted by Gasteiger charge is -2.48. The molecule has 23 nitrogen and oxygen atoms in total. The molecular weight excluding hydrogens is 883 g/mol. The summed E-state index contributed by atoms with van der Waals surface area (Å²) in [7, 11) is -14.4. The Morgan fingerprint density at radius 2 is 1.67 bits per heavy atom. The first-order valence-electron chi connectivity index (χ1n) is 19.1. The number of nitrogens with zero attached hydrogens (tertiary/aromatic N) is 6. The molecule has 8 N–H and O–H groups in total. The van der Waals surface area contributed by atoms with Gasteiger partial charge in [-0.1, -0.05) is 41.5 Å². The molecule has 5 rings (SSSR count). The summed E-state index contributed by atoms with van der Waals surface area (Å²) in [6.45, 7) is 14.8. The molecule has 0 aliphatic carbocycles. The highest BCUT2D eigenvalue weighted by atomic mass is 32.3. The van der Waals surface area contributed by atoms with E-state index in [1.807, 2.05) is 33.9 Å². The number of anilines is 2. The molecule has 3 aromatic rings. The number of hydrogen-bond donors (Lipinski definition) is 6. The fraction of sp³-hybridized carbons (Fsp3) is 0.706. The second kappa shape index (κ2) is 18.0. The van der Waals surface area contributed by atoms with Crippen molar-refractivity contribution >= 4 is 62.8 Å². The van der Waals surface area contributed by atoms with Crippen LogP contribution in [0.5, 0.6) is 0 Å². The number of phosphoric ester groups is 2. The summed E-state index contributed by atoms with van der Waals surface area (Å²) in [5.74, 6) is -0.493. The first-order valence-corrected chi connectivity index (χ1v) is 27.7. The van der Waals surface area contributed by atoms with Crippen LogP contribution in [-0.2, 0) is 46.1 Å². The molecule has 2 fully saturated rings. The molecule has 0 bridgehead atoms. The number of fused-ring (bicyclic) bond motifs is 1. The fourth-order valence-electron chi connectivity index (χ4n) is 6.12. The van der Waals surface area contributed by atoms with Crippen molar-refractivity contribution in [1.29, 1.82) is 0 Å². The molecular formula is C34H58N8O15P2SSi. The predicted molar refractivity (Wildman–Crippen MR) is 226 cm³/mol. The van der Waals surface area contributed by atoms with Crippen molar-refractivity contribution < 1.29 is 65.9 Å². The number of carbonyl (C=O) groups is 1. The predicted octanol–water partition coefficient (Wildman–Crippen LogP) is 2.57. The van der Waals surface area contributed by atoms with Gasteiger partial charge in [-0.25, -0.2) is 43.7 Å². The van der Waals surface area contributed by atoms with Crippen molar-refractivity contribution in [1.82, 2.24) is 29.1 Å². The number of nitrogen functional groups attached to an aromatic ring is 2. The molecule has 3 aromatic heterocycles. The second-order valence-electron chi connectivity index (χ2n) is 17.8. The molecule has 0 saturated carbocycles. The average Bonchev–Trinajstić information content (AvgIpc) is 3.80. The topological polar surface area (TPSA) is 327 Å². The van der Waals surface area contributed by atoms with E-state index in [1.165, 1.54) is 29.5 Å². The smallest absolute Gasteiger partial charge is 0.455 e. The first-order chi connectivity index (χ1) is 27.9. The normalized spacial score (nSPS) is 26.0. The molecule has 0 spiro atoms. The molecule has 27 heteroatoms. The number of ether oxygens (including phenoxy) is 3. The Labute approximate surface area is 355 Å². The molecule has 9 atom stereocenters. The third-order valence-electron chi connectivity index (χ3n) is 11.4. The second-order valence-corrected chi connectivity index (χ2v) is 29.9. The number of aliphatic hydroxyl groups is 1. The maximum Gasteiger partial charge on any atom is 0.472 e. The Morgan fingerprint density at radius 1 is 1.02 bits per heavy atom. The van der Waals surface area contributed by atoms with Crippen molar-refractivity contribution in [2.45, 2.75) is 120 Å². The Morgan fingerprint density at radius 3 is 2.28 bits per heavy atom. The molecule has 5 heterocycles. The third-order valence-corrected chi connectivity index (χ3v) is 21.8. The van der Waals surface area contributed by atoms with E-state index in [4.69, 9.17) is 39.2 Å². The van der Waals surface area contributed by atoms with Crippen LogP contribution in [0.15, 0.2) is 29.7 Å². The van der Waals surface area contributed by atoms with Crippen molar-refractivity contribution in [2.24, 2.45) is 0 Å². The van der Waals surface area contributed by atoms with Gasteiger partial charge >= 0.3 is 27.3 Å². The van der Waals surface area contributed by atoms with Crippen molar-refractivity contribution in [3.8, 4) is 0 Å². The van der Waals surface area contributed by atoms with Crippen LogP contribution < -0.4 is 17.2 Å². The van der Waals surface area contributed by atoms with E-state index in [0.717, 1.165) is 4.57 Å². The number of nitrogens with two attached hydrogens (primary N) is 2. The van der Waals surface area contributed by atoms with Crippen molar-refractivity contribution in [2.75, 3.05) is 42.9 Å². The van der Waals surface area contributed by atoms with Crippen LogP contribution in [0.25, 0.3) is 11.2 Å².